The zero-order chi connectivity index (χ0) is 12.7. The van der Waals surface area contributed by atoms with Crippen molar-refractivity contribution in [3.63, 3.8) is 0 Å². The Morgan fingerprint density at radius 1 is 0.882 bits per heavy atom. The molecule has 0 amide bonds. The fraction of sp³-hybridized carbons (Fsp3) is 1.00. The second-order valence-corrected chi connectivity index (χ2v) is 5.22. The van der Waals surface area contributed by atoms with E-state index in [1.165, 1.54) is 38.8 Å². The van der Waals surface area contributed by atoms with Gasteiger partial charge in [-0.2, -0.15) is 5.06 Å². The van der Waals surface area contributed by atoms with Crippen LogP contribution in [0.3, 0.4) is 0 Å². The summed E-state index contributed by atoms with van der Waals surface area (Å²) in [7, 11) is 2.19. The molecule has 0 saturated carbocycles. The predicted octanol–water partition coefficient (Wildman–Crippen LogP) is 2.77. The van der Waals surface area contributed by atoms with Crippen LogP contribution in [0.25, 0.3) is 0 Å². The van der Waals surface area contributed by atoms with Crippen LogP contribution in [0.1, 0.15) is 46.5 Å². The van der Waals surface area contributed by atoms with Crippen LogP contribution in [0.15, 0.2) is 0 Å². The van der Waals surface area contributed by atoms with E-state index in [1.54, 1.807) is 0 Å². The van der Waals surface area contributed by atoms with Gasteiger partial charge in [0.1, 0.15) is 0 Å². The van der Waals surface area contributed by atoms with E-state index in [9.17, 15) is 0 Å². The maximum Gasteiger partial charge on any atom is 0.0817 e. The minimum absolute atomic E-state index is 0.481. The highest BCUT2D eigenvalue weighted by Crippen LogP contribution is 2.20. The molecule has 2 aliphatic heterocycles. The number of likely N-dealkylation sites (tertiary alicyclic amines) is 1. The van der Waals surface area contributed by atoms with Gasteiger partial charge in [0.05, 0.1) is 6.10 Å². The van der Waals surface area contributed by atoms with Crippen LogP contribution >= 0.6 is 0 Å². The molecule has 0 aromatic carbocycles. The Kier molecular flexibility index (Phi) is 7.09. The van der Waals surface area contributed by atoms with Gasteiger partial charge in [-0.3, -0.25) is 4.84 Å². The highest BCUT2D eigenvalue weighted by molar-refractivity contribution is 4.71. The van der Waals surface area contributed by atoms with Gasteiger partial charge in [-0.25, -0.2) is 0 Å². The summed E-state index contributed by atoms with van der Waals surface area (Å²) < 4.78 is 0. The minimum Gasteiger partial charge on any atom is -0.306 e. The van der Waals surface area contributed by atoms with E-state index in [2.05, 4.69) is 23.9 Å². The van der Waals surface area contributed by atoms with Crippen LogP contribution in [-0.2, 0) is 4.84 Å². The lowest BCUT2D eigenvalue weighted by atomic mass is 10.0. The number of hydrogen-bond acceptors (Lipinski definition) is 3. The topological polar surface area (TPSA) is 15.7 Å². The van der Waals surface area contributed by atoms with Crippen molar-refractivity contribution in [2.24, 2.45) is 5.92 Å². The fourth-order valence-corrected chi connectivity index (χ4v) is 2.39. The van der Waals surface area contributed by atoms with Gasteiger partial charge < -0.3 is 4.90 Å². The van der Waals surface area contributed by atoms with Gasteiger partial charge >= 0.3 is 0 Å². The second kappa shape index (κ2) is 8.06. The van der Waals surface area contributed by atoms with Crippen molar-refractivity contribution < 1.29 is 4.84 Å². The van der Waals surface area contributed by atoms with E-state index in [4.69, 9.17) is 4.84 Å². The molecule has 17 heavy (non-hydrogen) atoms. The number of nitrogens with zero attached hydrogens (tertiary/aromatic N) is 2. The van der Waals surface area contributed by atoms with Crippen molar-refractivity contribution in [2.75, 3.05) is 33.2 Å². The standard InChI is InChI=1S/C12H24N2O.C2H6/c1-11-3-9-14(10-4-11)15-12-5-7-13(2)8-6-12;1-2/h11-12H,3-10H2,1-2H3;1-2H3. The van der Waals surface area contributed by atoms with Crippen molar-refractivity contribution in [2.45, 2.75) is 52.6 Å². The van der Waals surface area contributed by atoms with Gasteiger partial charge in [-0.1, -0.05) is 20.8 Å². The molecule has 2 saturated heterocycles. The first-order valence-electron chi connectivity index (χ1n) is 7.34. The summed E-state index contributed by atoms with van der Waals surface area (Å²) in [5.41, 5.74) is 0. The molecular formula is C14H30N2O. The molecule has 2 rings (SSSR count). The third-order valence-corrected chi connectivity index (χ3v) is 3.71. The molecule has 0 atom stereocenters. The molecule has 0 aromatic heterocycles. The molecule has 0 aliphatic carbocycles. The summed E-state index contributed by atoms with van der Waals surface area (Å²) in [6.45, 7) is 11.0. The maximum atomic E-state index is 6.04. The molecule has 2 heterocycles. The lowest BCUT2D eigenvalue weighted by Gasteiger charge is -2.35. The van der Waals surface area contributed by atoms with Crippen molar-refractivity contribution in [1.29, 1.82) is 0 Å². The Labute approximate surface area is 107 Å². The van der Waals surface area contributed by atoms with Gasteiger partial charge in [0, 0.05) is 26.2 Å². The highest BCUT2D eigenvalue weighted by Gasteiger charge is 2.22. The van der Waals surface area contributed by atoms with Crippen LogP contribution in [0.5, 0.6) is 0 Å². The Morgan fingerprint density at radius 2 is 1.41 bits per heavy atom. The zero-order valence-electron chi connectivity index (χ0n) is 12.1. The van der Waals surface area contributed by atoms with Crippen molar-refractivity contribution in [3.05, 3.63) is 0 Å². The number of rotatable bonds is 2. The third kappa shape index (κ3) is 5.36. The molecule has 0 N–H and O–H groups in total. The van der Waals surface area contributed by atoms with Crippen molar-refractivity contribution >= 4 is 0 Å². The SMILES string of the molecule is CC.CC1CCN(OC2CCN(C)CC2)CC1. The summed E-state index contributed by atoms with van der Waals surface area (Å²) in [5, 5.41) is 2.20. The summed E-state index contributed by atoms with van der Waals surface area (Å²) in [6, 6.07) is 0. The van der Waals surface area contributed by atoms with Crippen LogP contribution in [0.2, 0.25) is 0 Å². The Bertz CT molecular complexity index is 163. The zero-order valence-corrected chi connectivity index (χ0v) is 12.1. The largest absolute Gasteiger partial charge is 0.306 e. The number of piperidine rings is 2. The fourth-order valence-electron chi connectivity index (χ4n) is 2.39. The number of hydrogen-bond donors (Lipinski definition) is 0. The lowest BCUT2D eigenvalue weighted by molar-refractivity contribution is -0.217. The normalized spacial score (nSPS) is 25.4. The molecule has 3 nitrogen and oxygen atoms in total. The molecular weight excluding hydrogens is 212 g/mol. The Balaban J connectivity index is 0.000000686. The summed E-state index contributed by atoms with van der Waals surface area (Å²) in [6.07, 6.45) is 5.47. The second-order valence-electron chi connectivity index (χ2n) is 5.22. The quantitative estimate of drug-likeness (QED) is 0.740. The minimum atomic E-state index is 0.481. The van der Waals surface area contributed by atoms with E-state index >= 15 is 0 Å². The van der Waals surface area contributed by atoms with Gasteiger partial charge in [0.15, 0.2) is 0 Å². The van der Waals surface area contributed by atoms with E-state index in [-0.39, 0.29) is 0 Å². The lowest BCUT2D eigenvalue weighted by Crippen LogP contribution is -2.41. The first-order valence-corrected chi connectivity index (χ1v) is 7.34. The van der Waals surface area contributed by atoms with E-state index in [0.717, 1.165) is 19.0 Å². The van der Waals surface area contributed by atoms with E-state index in [1.807, 2.05) is 13.8 Å². The summed E-state index contributed by atoms with van der Waals surface area (Å²) >= 11 is 0. The van der Waals surface area contributed by atoms with Gasteiger partial charge in [-0.15, -0.1) is 0 Å². The van der Waals surface area contributed by atoms with Crippen molar-refractivity contribution in [1.82, 2.24) is 9.96 Å². The Hall–Kier alpha value is -0.120. The van der Waals surface area contributed by atoms with Crippen LogP contribution in [0, 0.1) is 5.92 Å². The molecule has 0 spiro atoms. The molecule has 2 aliphatic rings. The first kappa shape index (κ1) is 14.9. The predicted molar refractivity (Wildman–Crippen MR) is 72.9 cm³/mol. The Morgan fingerprint density at radius 3 is 1.94 bits per heavy atom. The monoisotopic (exact) mass is 242 g/mol. The van der Waals surface area contributed by atoms with E-state index < -0.39 is 0 Å². The molecule has 3 heteroatoms. The first-order chi connectivity index (χ1) is 8.24. The van der Waals surface area contributed by atoms with Crippen molar-refractivity contribution in [3.8, 4) is 0 Å². The third-order valence-electron chi connectivity index (χ3n) is 3.71. The molecule has 0 aromatic rings. The molecule has 0 radical (unpaired) electrons. The van der Waals surface area contributed by atoms with Gasteiger partial charge in [-0.05, 0) is 38.6 Å². The molecule has 2 fully saturated rings. The summed E-state index contributed by atoms with van der Waals surface area (Å²) in [5.74, 6) is 0.891. The average molecular weight is 242 g/mol. The molecule has 0 unspecified atom stereocenters. The van der Waals surface area contributed by atoms with Crippen LogP contribution in [-0.4, -0.2) is 49.3 Å². The smallest absolute Gasteiger partial charge is 0.0817 e. The maximum absolute atomic E-state index is 6.04. The van der Waals surface area contributed by atoms with Gasteiger partial charge in [0.2, 0.25) is 0 Å². The van der Waals surface area contributed by atoms with Crippen LogP contribution in [0.4, 0.5) is 0 Å². The highest BCUT2D eigenvalue weighted by atomic mass is 16.7. The summed E-state index contributed by atoms with van der Waals surface area (Å²) in [4.78, 5) is 8.42. The molecule has 102 valence electrons. The number of hydroxylamine groups is 2. The average Bonchev–Trinajstić information content (AvgIpc) is 2.37. The van der Waals surface area contributed by atoms with Gasteiger partial charge in [0.25, 0.3) is 0 Å². The molecule has 0 bridgehead atoms. The van der Waals surface area contributed by atoms with E-state index in [0.29, 0.717) is 6.10 Å². The van der Waals surface area contributed by atoms with Crippen LogP contribution < -0.4 is 0 Å².